The van der Waals surface area contributed by atoms with Crippen LogP contribution in [0.15, 0.2) is 33.7 Å². The first-order valence-electron chi connectivity index (χ1n) is 6.57. The molecular weight excluding hydrogens is 256 g/mol. The summed E-state index contributed by atoms with van der Waals surface area (Å²) in [5.74, 6) is 2.00. The van der Waals surface area contributed by atoms with Crippen molar-refractivity contribution in [2.45, 2.75) is 37.8 Å². The van der Waals surface area contributed by atoms with Gasteiger partial charge in [-0.25, -0.2) is 0 Å². The highest BCUT2D eigenvalue weighted by atomic mass is 32.2. The number of nitrogens with zero attached hydrogens (tertiary/aromatic N) is 1. The summed E-state index contributed by atoms with van der Waals surface area (Å²) in [6.07, 6.45) is 0. The Morgan fingerprint density at radius 3 is 2.89 bits per heavy atom. The fourth-order valence-electron chi connectivity index (χ4n) is 2.79. The molecule has 1 aromatic heterocycles. The van der Waals surface area contributed by atoms with E-state index in [9.17, 15) is 0 Å². The van der Waals surface area contributed by atoms with Gasteiger partial charge in [0.2, 0.25) is 0 Å². The second kappa shape index (κ2) is 5.02. The predicted octanol–water partition coefficient (Wildman–Crippen LogP) is 3.79. The molecule has 0 radical (unpaired) electrons. The molecule has 1 N–H and O–H groups in total. The van der Waals surface area contributed by atoms with Crippen molar-refractivity contribution in [1.29, 1.82) is 0 Å². The van der Waals surface area contributed by atoms with Crippen LogP contribution in [0, 0.1) is 13.8 Å². The summed E-state index contributed by atoms with van der Waals surface area (Å²) >= 11 is 1.92. The summed E-state index contributed by atoms with van der Waals surface area (Å²) in [4.78, 5) is 1.39. The molecule has 3 rings (SSSR count). The van der Waals surface area contributed by atoms with Crippen LogP contribution in [-0.2, 0) is 0 Å². The van der Waals surface area contributed by atoms with Gasteiger partial charge in [-0.1, -0.05) is 23.4 Å². The van der Waals surface area contributed by atoms with Crippen LogP contribution in [0.5, 0.6) is 0 Å². The second-order valence-electron chi connectivity index (χ2n) is 5.03. The summed E-state index contributed by atoms with van der Waals surface area (Å²) in [6.45, 7) is 6.16. The molecule has 1 aliphatic heterocycles. The van der Waals surface area contributed by atoms with Crippen molar-refractivity contribution >= 4 is 11.8 Å². The van der Waals surface area contributed by atoms with E-state index in [0.717, 1.165) is 17.2 Å². The summed E-state index contributed by atoms with van der Waals surface area (Å²) in [5, 5.41) is 7.73. The lowest BCUT2D eigenvalue weighted by Crippen LogP contribution is -2.25. The molecule has 19 heavy (non-hydrogen) atoms. The van der Waals surface area contributed by atoms with Gasteiger partial charge >= 0.3 is 0 Å². The Morgan fingerprint density at radius 1 is 1.37 bits per heavy atom. The molecule has 2 atom stereocenters. The van der Waals surface area contributed by atoms with E-state index in [1.807, 2.05) is 25.6 Å². The van der Waals surface area contributed by atoms with E-state index in [1.54, 1.807) is 0 Å². The predicted molar refractivity (Wildman–Crippen MR) is 77.4 cm³/mol. The minimum Gasteiger partial charge on any atom is -0.361 e. The SMILES string of the molecule is Cc1noc(C)c1C(C)NC1CSc2ccccc21. The Morgan fingerprint density at radius 2 is 2.16 bits per heavy atom. The number of aryl methyl sites for hydroxylation is 2. The van der Waals surface area contributed by atoms with Crippen molar-refractivity contribution in [1.82, 2.24) is 10.5 Å². The van der Waals surface area contributed by atoms with Crippen LogP contribution in [0.2, 0.25) is 0 Å². The molecule has 4 heteroatoms. The third kappa shape index (κ3) is 2.30. The molecule has 2 unspecified atom stereocenters. The fraction of sp³-hybridized carbons (Fsp3) is 0.400. The maximum absolute atomic E-state index is 5.26. The summed E-state index contributed by atoms with van der Waals surface area (Å²) in [5.41, 5.74) is 3.58. The van der Waals surface area contributed by atoms with Gasteiger partial charge in [0.1, 0.15) is 5.76 Å². The van der Waals surface area contributed by atoms with E-state index in [-0.39, 0.29) is 6.04 Å². The van der Waals surface area contributed by atoms with Crippen LogP contribution >= 0.6 is 11.8 Å². The minimum atomic E-state index is 0.253. The molecule has 0 amide bonds. The van der Waals surface area contributed by atoms with Crippen LogP contribution in [0.1, 0.15) is 41.6 Å². The van der Waals surface area contributed by atoms with E-state index >= 15 is 0 Å². The van der Waals surface area contributed by atoms with Crippen LogP contribution < -0.4 is 5.32 Å². The number of benzene rings is 1. The molecule has 100 valence electrons. The zero-order chi connectivity index (χ0) is 13.4. The molecule has 1 aliphatic rings. The molecule has 0 aliphatic carbocycles. The Kier molecular flexibility index (Phi) is 3.37. The Hall–Kier alpha value is -1.26. The number of hydrogen-bond acceptors (Lipinski definition) is 4. The van der Waals surface area contributed by atoms with Crippen LogP contribution in [0.3, 0.4) is 0 Å². The minimum absolute atomic E-state index is 0.253. The summed E-state index contributed by atoms with van der Waals surface area (Å²) < 4.78 is 5.26. The molecule has 3 nitrogen and oxygen atoms in total. The fourth-order valence-corrected chi connectivity index (χ4v) is 3.97. The van der Waals surface area contributed by atoms with Crippen LogP contribution in [-0.4, -0.2) is 10.9 Å². The zero-order valence-corrected chi connectivity index (χ0v) is 12.3. The topological polar surface area (TPSA) is 38.1 Å². The monoisotopic (exact) mass is 274 g/mol. The van der Waals surface area contributed by atoms with Gasteiger partial charge in [-0.3, -0.25) is 0 Å². The smallest absolute Gasteiger partial charge is 0.138 e. The highest BCUT2D eigenvalue weighted by Crippen LogP contribution is 2.39. The lowest BCUT2D eigenvalue weighted by atomic mass is 10.0. The second-order valence-corrected chi connectivity index (χ2v) is 6.09. The largest absolute Gasteiger partial charge is 0.361 e. The molecule has 0 spiro atoms. The Balaban J connectivity index is 1.80. The van der Waals surface area contributed by atoms with Crippen LogP contribution in [0.4, 0.5) is 0 Å². The Bertz CT molecular complexity index is 574. The number of fused-ring (bicyclic) bond motifs is 1. The first-order valence-corrected chi connectivity index (χ1v) is 7.56. The maximum Gasteiger partial charge on any atom is 0.138 e. The number of aromatic nitrogens is 1. The molecule has 0 bridgehead atoms. The highest BCUT2D eigenvalue weighted by molar-refractivity contribution is 7.99. The number of rotatable bonds is 3. The molecule has 2 heterocycles. The van der Waals surface area contributed by atoms with E-state index in [1.165, 1.54) is 16.0 Å². The van der Waals surface area contributed by atoms with Gasteiger partial charge in [0.05, 0.1) is 5.69 Å². The van der Waals surface area contributed by atoms with Gasteiger partial charge in [-0.2, -0.15) is 0 Å². The van der Waals surface area contributed by atoms with Crippen molar-refractivity contribution in [3.8, 4) is 0 Å². The van der Waals surface area contributed by atoms with Crippen molar-refractivity contribution < 1.29 is 4.52 Å². The molecule has 2 aromatic rings. The first-order chi connectivity index (χ1) is 9.16. The highest BCUT2D eigenvalue weighted by Gasteiger charge is 2.26. The van der Waals surface area contributed by atoms with E-state index in [4.69, 9.17) is 4.52 Å². The van der Waals surface area contributed by atoms with Gasteiger partial charge in [0.15, 0.2) is 0 Å². The standard InChI is InChI=1S/C15H18N2OS/c1-9(15-10(2)17-18-11(15)3)16-13-8-19-14-7-5-4-6-12(13)14/h4-7,9,13,16H,8H2,1-3H3. The van der Waals surface area contributed by atoms with Gasteiger partial charge in [0, 0.05) is 28.3 Å². The third-order valence-electron chi connectivity index (χ3n) is 3.67. The van der Waals surface area contributed by atoms with Crippen molar-refractivity contribution in [3.05, 3.63) is 46.8 Å². The van der Waals surface area contributed by atoms with Crippen molar-refractivity contribution in [2.24, 2.45) is 0 Å². The van der Waals surface area contributed by atoms with Gasteiger partial charge < -0.3 is 9.84 Å². The van der Waals surface area contributed by atoms with Crippen LogP contribution in [0.25, 0.3) is 0 Å². The summed E-state index contributed by atoms with van der Waals surface area (Å²) in [6, 6.07) is 9.29. The average Bonchev–Trinajstić information content (AvgIpc) is 2.94. The number of thioether (sulfide) groups is 1. The molecule has 0 fully saturated rings. The average molecular weight is 274 g/mol. The lowest BCUT2D eigenvalue weighted by Gasteiger charge is -2.19. The van der Waals surface area contributed by atoms with Crippen molar-refractivity contribution in [3.63, 3.8) is 0 Å². The first kappa shape index (κ1) is 12.8. The Labute approximate surface area is 117 Å². The quantitative estimate of drug-likeness (QED) is 0.924. The van der Waals surface area contributed by atoms with E-state index < -0.39 is 0 Å². The molecular formula is C15H18N2OS. The van der Waals surface area contributed by atoms with Gasteiger partial charge in [-0.05, 0) is 32.4 Å². The molecule has 1 aromatic carbocycles. The lowest BCUT2D eigenvalue weighted by molar-refractivity contribution is 0.389. The van der Waals surface area contributed by atoms with E-state index in [2.05, 4.69) is 41.7 Å². The zero-order valence-electron chi connectivity index (χ0n) is 11.4. The molecule has 0 saturated carbocycles. The number of nitrogens with one attached hydrogen (secondary N) is 1. The third-order valence-corrected chi connectivity index (χ3v) is 4.86. The normalized spacial score (nSPS) is 19.4. The maximum atomic E-state index is 5.26. The van der Waals surface area contributed by atoms with Crippen molar-refractivity contribution in [2.75, 3.05) is 5.75 Å². The van der Waals surface area contributed by atoms with E-state index in [0.29, 0.717) is 6.04 Å². The number of hydrogen-bond donors (Lipinski definition) is 1. The molecule has 0 saturated heterocycles. The van der Waals surface area contributed by atoms with Gasteiger partial charge in [-0.15, -0.1) is 11.8 Å². The summed E-state index contributed by atoms with van der Waals surface area (Å²) in [7, 11) is 0. The van der Waals surface area contributed by atoms with Gasteiger partial charge in [0.25, 0.3) is 0 Å².